The van der Waals surface area contributed by atoms with E-state index >= 15 is 0 Å². The first-order valence-corrected chi connectivity index (χ1v) is 5.31. The lowest BCUT2D eigenvalue weighted by Crippen LogP contribution is -2.51. The normalized spacial score (nSPS) is 45.9. The smallest absolute Gasteiger partial charge is 0.314 e. The third-order valence-electron chi connectivity index (χ3n) is 4.16. The molecular weight excluding hydrogens is 192 g/mol. The van der Waals surface area contributed by atoms with E-state index in [1.165, 1.54) is 6.08 Å². The van der Waals surface area contributed by atoms with Crippen molar-refractivity contribution in [3.05, 3.63) is 24.3 Å². The Bertz CT molecular complexity index is 407. The summed E-state index contributed by atoms with van der Waals surface area (Å²) in [6, 6.07) is 0. The topological polar surface area (TPSA) is 54.4 Å². The molecule has 3 heteroatoms. The fourth-order valence-electron chi connectivity index (χ4n) is 3.46. The van der Waals surface area contributed by atoms with E-state index in [-0.39, 0.29) is 23.5 Å². The molecule has 0 saturated heterocycles. The fourth-order valence-corrected chi connectivity index (χ4v) is 3.46. The lowest BCUT2D eigenvalue weighted by atomic mass is 9.54. The van der Waals surface area contributed by atoms with Crippen molar-refractivity contribution in [2.75, 3.05) is 0 Å². The van der Waals surface area contributed by atoms with Gasteiger partial charge in [-0.25, -0.2) is 0 Å². The van der Waals surface area contributed by atoms with Crippen molar-refractivity contribution in [3.63, 3.8) is 0 Å². The lowest BCUT2D eigenvalue weighted by molar-refractivity contribution is -0.157. The standard InChI is InChI=1S/C12H12O3/c13-9-5-6-12(11(14)15)8-3-1-7(2-4-8)10(9)12/h1,3,5-8,10H,2,4H2,(H,14,15). The number of carboxylic acid groups (broad SMARTS) is 1. The van der Waals surface area contributed by atoms with Crippen LogP contribution in [0.15, 0.2) is 24.3 Å². The Morgan fingerprint density at radius 3 is 2.73 bits per heavy atom. The maximum absolute atomic E-state index is 11.7. The molecule has 4 aliphatic carbocycles. The maximum Gasteiger partial charge on any atom is 0.314 e. The zero-order valence-electron chi connectivity index (χ0n) is 8.22. The van der Waals surface area contributed by atoms with Crippen LogP contribution in [0.1, 0.15) is 12.8 Å². The first kappa shape index (κ1) is 8.89. The van der Waals surface area contributed by atoms with E-state index in [2.05, 4.69) is 0 Å². The third kappa shape index (κ3) is 0.863. The van der Waals surface area contributed by atoms with Crippen LogP contribution in [0, 0.1) is 23.2 Å². The monoisotopic (exact) mass is 204 g/mol. The predicted octanol–water partition coefficient (Wildman–Crippen LogP) is 1.41. The van der Waals surface area contributed by atoms with Gasteiger partial charge in [-0.15, -0.1) is 0 Å². The van der Waals surface area contributed by atoms with E-state index in [0.717, 1.165) is 12.8 Å². The second-order valence-corrected chi connectivity index (χ2v) is 4.68. The number of carbonyl (C=O) groups is 2. The van der Waals surface area contributed by atoms with Crippen molar-refractivity contribution < 1.29 is 14.7 Å². The van der Waals surface area contributed by atoms with Gasteiger partial charge in [-0.3, -0.25) is 9.59 Å². The Morgan fingerprint density at radius 1 is 1.40 bits per heavy atom. The van der Waals surface area contributed by atoms with E-state index < -0.39 is 11.4 Å². The number of fused-ring (bicyclic) bond motifs is 1. The summed E-state index contributed by atoms with van der Waals surface area (Å²) in [6.45, 7) is 0. The maximum atomic E-state index is 11.7. The van der Waals surface area contributed by atoms with Gasteiger partial charge in [0, 0.05) is 5.92 Å². The summed E-state index contributed by atoms with van der Waals surface area (Å²) in [4.78, 5) is 23.2. The molecule has 2 bridgehead atoms. The molecule has 0 amide bonds. The molecule has 0 aromatic carbocycles. The van der Waals surface area contributed by atoms with Crippen LogP contribution in [0.2, 0.25) is 0 Å². The van der Waals surface area contributed by atoms with Crippen molar-refractivity contribution in [1.82, 2.24) is 0 Å². The van der Waals surface area contributed by atoms with Gasteiger partial charge in [-0.05, 0) is 30.8 Å². The van der Waals surface area contributed by atoms with Crippen LogP contribution in [-0.2, 0) is 9.59 Å². The highest BCUT2D eigenvalue weighted by Crippen LogP contribution is 2.56. The van der Waals surface area contributed by atoms with Crippen LogP contribution in [0.3, 0.4) is 0 Å². The molecule has 4 rings (SSSR count). The molecule has 0 spiro atoms. The van der Waals surface area contributed by atoms with E-state index in [1.807, 2.05) is 12.2 Å². The number of carbonyl (C=O) groups excluding carboxylic acids is 1. The summed E-state index contributed by atoms with van der Waals surface area (Å²) in [5.74, 6) is -1.04. The van der Waals surface area contributed by atoms with E-state index in [4.69, 9.17) is 0 Å². The van der Waals surface area contributed by atoms with Crippen LogP contribution in [0.5, 0.6) is 0 Å². The number of allylic oxidation sites excluding steroid dienone is 3. The molecule has 4 atom stereocenters. The first-order chi connectivity index (χ1) is 7.16. The highest BCUT2D eigenvalue weighted by atomic mass is 16.4. The molecule has 0 aliphatic heterocycles. The molecule has 0 heterocycles. The minimum atomic E-state index is -0.922. The summed E-state index contributed by atoms with van der Waals surface area (Å²) in [7, 11) is 0. The van der Waals surface area contributed by atoms with Crippen molar-refractivity contribution in [3.8, 4) is 0 Å². The summed E-state index contributed by atoms with van der Waals surface area (Å²) in [5, 5.41) is 9.40. The van der Waals surface area contributed by atoms with Gasteiger partial charge < -0.3 is 5.11 Å². The molecular formula is C12H12O3. The van der Waals surface area contributed by atoms with E-state index in [9.17, 15) is 14.7 Å². The quantitative estimate of drug-likeness (QED) is 0.657. The SMILES string of the molecule is O=C1C=CC2(C(=O)O)C3C=CC(CC3)C12. The molecule has 15 heavy (non-hydrogen) atoms. The molecule has 0 aromatic heterocycles. The van der Waals surface area contributed by atoms with Gasteiger partial charge in [0.15, 0.2) is 5.78 Å². The second kappa shape index (κ2) is 2.60. The van der Waals surface area contributed by atoms with Gasteiger partial charge in [0.2, 0.25) is 0 Å². The van der Waals surface area contributed by atoms with Crippen LogP contribution >= 0.6 is 0 Å². The van der Waals surface area contributed by atoms with Crippen LogP contribution < -0.4 is 0 Å². The van der Waals surface area contributed by atoms with Crippen molar-refractivity contribution in [1.29, 1.82) is 0 Å². The van der Waals surface area contributed by atoms with Gasteiger partial charge >= 0.3 is 5.97 Å². The number of ketones is 1. The first-order valence-electron chi connectivity index (χ1n) is 5.31. The number of rotatable bonds is 1. The summed E-state index contributed by atoms with van der Waals surface area (Å²) < 4.78 is 0. The molecule has 0 radical (unpaired) electrons. The number of hydrogen-bond donors (Lipinski definition) is 1. The average Bonchev–Trinajstić information content (AvgIpc) is 2.62. The van der Waals surface area contributed by atoms with Crippen molar-refractivity contribution >= 4 is 11.8 Å². The van der Waals surface area contributed by atoms with E-state index in [1.54, 1.807) is 6.08 Å². The van der Waals surface area contributed by atoms with Gasteiger partial charge in [0.05, 0.1) is 0 Å². The second-order valence-electron chi connectivity index (χ2n) is 4.68. The van der Waals surface area contributed by atoms with Gasteiger partial charge in [0.25, 0.3) is 0 Å². The highest BCUT2D eigenvalue weighted by molar-refractivity contribution is 6.02. The summed E-state index contributed by atoms with van der Waals surface area (Å²) in [5.41, 5.74) is -0.922. The molecule has 1 N–H and O–H groups in total. The average molecular weight is 204 g/mol. The minimum Gasteiger partial charge on any atom is -0.481 e. The minimum absolute atomic E-state index is 0.00329. The van der Waals surface area contributed by atoms with Crippen LogP contribution in [0.4, 0.5) is 0 Å². The van der Waals surface area contributed by atoms with Crippen LogP contribution in [0.25, 0.3) is 0 Å². The Morgan fingerprint density at radius 2 is 2.20 bits per heavy atom. The molecule has 4 aliphatic rings. The van der Waals surface area contributed by atoms with Crippen molar-refractivity contribution in [2.45, 2.75) is 12.8 Å². The highest BCUT2D eigenvalue weighted by Gasteiger charge is 2.60. The Hall–Kier alpha value is -1.38. The molecule has 1 saturated carbocycles. The Balaban J connectivity index is 2.18. The van der Waals surface area contributed by atoms with Crippen LogP contribution in [-0.4, -0.2) is 16.9 Å². The zero-order chi connectivity index (χ0) is 10.6. The number of carboxylic acids is 1. The largest absolute Gasteiger partial charge is 0.481 e. The van der Waals surface area contributed by atoms with Gasteiger partial charge in [-0.2, -0.15) is 0 Å². The Labute approximate surface area is 87.5 Å². The number of aliphatic carboxylic acids is 1. The fraction of sp³-hybridized carbons (Fsp3) is 0.500. The predicted molar refractivity (Wildman–Crippen MR) is 53.1 cm³/mol. The summed E-state index contributed by atoms with van der Waals surface area (Å²) in [6.07, 6.45) is 8.96. The van der Waals surface area contributed by atoms with Crippen molar-refractivity contribution in [2.24, 2.45) is 23.2 Å². The van der Waals surface area contributed by atoms with E-state index in [0.29, 0.717) is 0 Å². The molecule has 1 fully saturated rings. The molecule has 3 nitrogen and oxygen atoms in total. The number of hydrogen-bond acceptors (Lipinski definition) is 2. The molecule has 0 aromatic rings. The summed E-state index contributed by atoms with van der Waals surface area (Å²) >= 11 is 0. The van der Waals surface area contributed by atoms with Gasteiger partial charge in [0.1, 0.15) is 5.41 Å². The Kier molecular flexibility index (Phi) is 1.54. The third-order valence-corrected chi connectivity index (χ3v) is 4.16. The van der Waals surface area contributed by atoms with Gasteiger partial charge in [-0.1, -0.05) is 18.2 Å². The lowest BCUT2D eigenvalue weighted by Gasteiger charge is -2.47. The molecule has 78 valence electrons. The zero-order valence-corrected chi connectivity index (χ0v) is 8.22. The molecule has 4 unspecified atom stereocenters.